The highest BCUT2D eigenvalue weighted by Crippen LogP contribution is 2.20. The van der Waals surface area contributed by atoms with Crippen LogP contribution in [0.2, 0.25) is 0 Å². The average Bonchev–Trinajstić information content (AvgIpc) is 2.49. The van der Waals surface area contributed by atoms with Crippen molar-refractivity contribution in [3.05, 3.63) is 36.0 Å². The van der Waals surface area contributed by atoms with Crippen LogP contribution >= 0.6 is 0 Å². The maximum Gasteiger partial charge on any atom is 0.153 e. The molecule has 1 heterocycles. The van der Waals surface area contributed by atoms with Gasteiger partial charge in [0.1, 0.15) is 17.7 Å². The third kappa shape index (κ3) is 3.98. The molecule has 6 nitrogen and oxygen atoms in total. The van der Waals surface area contributed by atoms with Crippen LogP contribution in [0.1, 0.15) is 0 Å². The van der Waals surface area contributed by atoms with E-state index in [2.05, 4.69) is 5.32 Å². The van der Waals surface area contributed by atoms with Crippen LogP contribution < -0.4 is 10.2 Å². The van der Waals surface area contributed by atoms with Crippen molar-refractivity contribution in [2.24, 2.45) is 0 Å². The smallest absolute Gasteiger partial charge is 0.153 e. The summed E-state index contributed by atoms with van der Waals surface area (Å²) in [6, 6.07) is 10.9. The molecule has 0 aromatic heterocycles. The maximum absolute atomic E-state index is 11.4. The molecule has 0 saturated carbocycles. The molecule has 1 aromatic rings. The van der Waals surface area contributed by atoms with Gasteiger partial charge in [0.2, 0.25) is 0 Å². The number of nitriles is 2. The van der Waals surface area contributed by atoms with Crippen molar-refractivity contribution in [3.8, 4) is 12.1 Å². The summed E-state index contributed by atoms with van der Waals surface area (Å²) in [6.45, 7) is 1.00. The Kier molecular flexibility index (Phi) is 4.46. The fourth-order valence-electron chi connectivity index (χ4n) is 1.98. The minimum absolute atomic E-state index is 0.000290. The summed E-state index contributed by atoms with van der Waals surface area (Å²) in [5.74, 6) is 0.368. The predicted octanol–water partition coefficient (Wildman–Crippen LogP) is 1.26. The van der Waals surface area contributed by atoms with Gasteiger partial charge in [0.05, 0.1) is 11.5 Å². The van der Waals surface area contributed by atoms with Crippen LogP contribution in [-0.2, 0) is 9.84 Å². The molecule has 1 fully saturated rings. The molecule has 1 aliphatic rings. The lowest BCUT2D eigenvalue weighted by molar-refractivity contribution is 0.587. The summed E-state index contributed by atoms with van der Waals surface area (Å²) in [6.07, 6.45) is 1.35. The number of nitrogens with zero attached hydrogens (tertiary/aromatic N) is 3. The van der Waals surface area contributed by atoms with E-state index in [0.29, 0.717) is 13.1 Å². The van der Waals surface area contributed by atoms with Crippen LogP contribution in [0, 0.1) is 22.7 Å². The monoisotopic (exact) mass is 302 g/mol. The summed E-state index contributed by atoms with van der Waals surface area (Å²) in [5, 5.41) is 20.1. The molecule has 1 saturated heterocycles. The Hall–Kier alpha value is -2.51. The summed E-state index contributed by atoms with van der Waals surface area (Å²) in [4.78, 5) is 2.02. The zero-order valence-electron chi connectivity index (χ0n) is 11.3. The second-order valence-electron chi connectivity index (χ2n) is 4.61. The number of hydrogen-bond donors (Lipinski definition) is 1. The molecule has 1 aliphatic heterocycles. The van der Waals surface area contributed by atoms with Gasteiger partial charge in [-0.2, -0.15) is 10.5 Å². The molecule has 0 unspecified atom stereocenters. The summed E-state index contributed by atoms with van der Waals surface area (Å²) < 4.78 is 22.8. The third-order valence-electron chi connectivity index (χ3n) is 3.20. The molecule has 7 heteroatoms. The van der Waals surface area contributed by atoms with Gasteiger partial charge in [-0.3, -0.25) is 0 Å². The van der Waals surface area contributed by atoms with Crippen molar-refractivity contribution in [2.45, 2.75) is 0 Å². The Labute approximate surface area is 123 Å². The van der Waals surface area contributed by atoms with Gasteiger partial charge in [0.15, 0.2) is 9.84 Å². The zero-order chi connectivity index (χ0) is 15.3. The number of allylic oxidation sites excluding steroid dienone is 1. The van der Waals surface area contributed by atoms with Crippen LogP contribution in [0.15, 0.2) is 36.0 Å². The van der Waals surface area contributed by atoms with E-state index < -0.39 is 9.84 Å². The Balaban J connectivity index is 2.02. The fourth-order valence-corrected chi connectivity index (χ4v) is 3.19. The van der Waals surface area contributed by atoms with Gasteiger partial charge in [-0.1, -0.05) is 0 Å². The molecule has 1 N–H and O–H groups in total. The first-order chi connectivity index (χ1) is 10.0. The maximum atomic E-state index is 11.4. The van der Waals surface area contributed by atoms with Gasteiger partial charge in [0.25, 0.3) is 0 Å². The third-order valence-corrected chi connectivity index (χ3v) is 4.81. The van der Waals surface area contributed by atoms with E-state index in [1.807, 2.05) is 29.2 Å². The van der Waals surface area contributed by atoms with Gasteiger partial charge in [-0.05, 0) is 24.3 Å². The van der Waals surface area contributed by atoms with Crippen LogP contribution in [0.5, 0.6) is 0 Å². The Morgan fingerprint density at radius 2 is 1.71 bits per heavy atom. The van der Waals surface area contributed by atoms with Crippen molar-refractivity contribution < 1.29 is 8.42 Å². The molecule has 0 amide bonds. The highest BCUT2D eigenvalue weighted by Gasteiger charge is 2.21. The molecule has 21 heavy (non-hydrogen) atoms. The first-order valence-electron chi connectivity index (χ1n) is 6.36. The van der Waals surface area contributed by atoms with Gasteiger partial charge >= 0.3 is 0 Å². The number of anilines is 2. The van der Waals surface area contributed by atoms with Gasteiger partial charge in [-0.15, -0.1) is 0 Å². The number of nitrogens with one attached hydrogen (secondary N) is 1. The van der Waals surface area contributed by atoms with E-state index in [-0.39, 0.29) is 17.1 Å². The standard InChI is InChI=1S/C14H14N4O2S/c15-9-12(10-16)11-17-13-1-3-14(4-2-13)18-5-7-21(19,20)8-6-18/h1-4,11,17H,5-8H2. The molecule has 0 atom stereocenters. The van der Waals surface area contributed by atoms with Gasteiger partial charge in [0, 0.05) is 30.7 Å². The molecule has 0 radical (unpaired) electrons. The van der Waals surface area contributed by atoms with E-state index in [1.54, 1.807) is 12.1 Å². The summed E-state index contributed by atoms with van der Waals surface area (Å²) in [5.41, 5.74) is 1.71. The summed E-state index contributed by atoms with van der Waals surface area (Å²) >= 11 is 0. The Morgan fingerprint density at radius 1 is 1.14 bits per heavy atom. The highest BCUT2D eigenvalue weighted by atomic mass is 32.2. The van der Waals surface area contributed by atoms with E-state index in [1.165, 1.54) is 6.20 Å². The number of rotatable bonds is 3. The second-order valence-corrected chi connectivity index (χ2v) is 6.92. The van der Waals surface area contributed by atoms with Crippen molar-refractivity contribution >= 4 is 21.2 Å². The van der Waals surface area contributed by atoms with Gasteiger partial charge in [-0.25, -0.2) is 8.42 Å². The molecule has 108 valence electrons. The lowest BCUT2D eigenvalue weighted by Gasteiger charge is -2.28. The Morgan fingerprint density at radius 3 is 2.24 bits per heavy atom. The topological polar surface area (TPSA) is 97.0 Å². The normalized spacial score (nSPS) is 16.4. The van der Waals surface area contributed by atoms with Crippen molar-refractivity contribution in [2.75, 3.05) is 34.8 Å². The van der Waals surface area contributed by atoms with Crippen LogP contribution in [0.3, 0.4) is 0 Å². The van der Waals surface area contributed by atoms with Crippen LogP contribution in [-0.4, -0.2) is 33.0 Å². The van der Waals surface area contributed by atoms with E-state index in [4.69, 9.17) is 10.5 Å². The van der Waals surface area contributed by atoms with E-state index in [9.17, 15) is 8.42 Å². The number of hydrogen-bond acceptors (Lipinski definition) is 6. The Bertz CT molecular complexity index is 694. The minimum atomic E-state index is -2.88. The fraction of sp³-hybridized carbons (Fsp3) is 0.286. The van der Waals surface area contributed by atoms with E-state index in [0.717, 1.165) is 11.4 Å². The molecule has 0 bridgehead atoms. The lowest BCUT2D eigenvalue weighted by atomic mass is 10.2. The molecule has 0 spiro atoms. The van der Waals surface area contributed by atoms with Crippen LogP contribution in [0.25, 0.3) is 0 Å². The van der Waals surface area contributed by atoms with Crippen LogP contribution in [0.4, 0.5) is 11.4 Å². The zero-order valence-corrected chi connectivity index (χ0v) is 12.1. The highest BCUT2D eigenvalue weighted by molar-refractivity contribution is 7.91. The molecule has 0 aliphatic carbocycles. The largest absolute Gasteiger partial charge is 0.369 e. The molecule has 1 aromatic carbocycles. The molecular formula is C14H14N4O2S. The second kappa shape index (κ2) is 6.29. The molecular weight excluding hydrogens is 288 g/mol. The number of benzene rings is 1. The first-order valence-corrected chi connectivity index (χ1v) is 8.18. The van der Waals surface area contributed by atoms with Gasteiger partial charge < -0.3 is 10.2 Å². The minimum Gasteiger partial charge on any atom is -0.369 e. The van der Waals surface area contributed by atoms with E-state index >= 15 is 0 Å². The van der Waals surface area contributed by atoms with Crippen molar-refractivity contribution in [1.29, 1.82) is 10.5 Å². The quantitative estimate of drug-likeness (QED) is 0.844. The SMILES string of the molecule is N#CC(C#N)=CNc1ccc(N2CCS(=O)(=O)CC2)cc1. The van der Waals surface area contributed by atoms with Crippen molar-refractivity contribution in [1.82, 2.24) is 0 Å². The summed E-state index contributed by atoms with van der Waals surface area (Å²) in [7, 11) is -2.88. The first kappa shape index (κ1) is 14.9. The number of sulfone groups is 1. The van der Waals surface area contributed by atoms with Crippen molar-refractivity contribution in [3.63, 3.8) is 0 Å². The predicted molar refractivity (Wildman–Crippen MR) is 80.2 cm³/mol. The average molecular weight is 302 g/mol. The molecule has 2 rings (SSSR count). The lowest BCUT2D eigenvalue weighted by Crippen LogP contribution is -2.40.